The van der Waals surface area contributed by atoms with E-state index in [1.165, 1.54) is 44.3 Å². The van der Waals surface area contributed by atoms with Crippen LogP contribution < -0.4 is 10.6 Å². The molecule has 5 nitrogen and oxygen atoms in total. The van der Waals surface area contributed by atoms with Gasteiger partial charge in [-0.05, 0) is 38.2 Å². The first-order chi connectivity index (χ1) is 12.3. The Labute approximate surface area is 175 Å². The van der Waals surface area contributed by atoms with Gasteiger partial charge in [0, 0.05) is 31.7 Å². The minimum atomic E-state index is 0. The van der Waals surface area contributed by atoms with Crippen molar-refractivity contribution in [2.24, 2.45) is 4.99 Å². The maximum Gasteiger partial charge on any atom is 0.191 e. The van der Waals surface area contributed by atoms with Crippen LogP contribution in [0.25, 0.3) is 0 Å². The molecule has 1 aliphatic heterocycles. The maximum absolute atomic E-state index is 5.72. The molecule has 1 aromatic carbocycles. The number of likely N-dealkylation sites (tertiary alicyclic amines) is 1. The first kappa shape index (κ1) is 21.4. The first-order valence-electron chi connectivity index (χ1n) is 9.75. The summed E-state index contributed by atoms with van der Waals surface area (Å²) in [5.74, 6) is 0.927. The zero-order chi connectivity index (χ0) is 17.3. The second-order valence-corrected chi connectivity index (χ2v) is 6.98. The lowest BCUT2D eigenvalue weighted by Crippen LogP contribution is -2.49. The number of guanidine groups is 1. The minimum Gasteiger partial charge on any atom is -0.375 e. The number of nitrogens with one attached hydrogen (secondary N) is 2. The lowest BCUT2D eigenvalue weighted by Gasteiger charge is -2.33. The SMILES string of the molecule is CCNC(=NCCOCc1ccccc1)NC1CCN(C2CC2)CC1.I. The standard InChI is InChI=1S/C20H32N4O.HI/c1-2-21-20(22-12-15-25-16-17-6-4-3-5-7-17)23-18-10-13-24(14-11-18)19-8-9-19;/h3-7,18-19H,2,8-16H2,1H3,(H2,21,22,23);1H. The molecule has 0 amide bonds. The van der Waals surface area contributed by atoms with Crippen LogP contribution in [0.5, 0.6) is 0 Å². The van der Waals surface area contributed by atoms with E-state index in [0.29, 0.717) is 25.8 Å². The van der Waals surface area contributed by atoms with E-state index in [1.54, 1.807) is 0 Å². The summed E-state index contributed by atoms with van der Waals surface area (Å²) in [6, 6.07) is 11.7. The van der Waals surface area contributed by atoms with E-state index in [2.05, 4.69) is 39.6 Å². The second-order valence-electron chi connectivity index (χ2n) is 6.98. The van der Waals surface area contributed by atoms with Crippen molar-refractivity contribution in [1.82, 2.24) is 15.5 Å². The second kappa shape index (κ2) is 11.8. The fourth-order valence-corrected chi connectivity index (χ4v) is 3.35. The van der Waals surface area contributed by atoms with Crippen molar-refractivity contribution in [2.75, 3.05) is 32.8 Å². The van der Waals surface area contributed by atoms with Crippen molar-refractivity contribution < 1.29 is 4.74 Å². The summed E-state index contributed by atoms with van der Waals surface area (Å²) in [6.45, 7) is 7.43. The van der Waals surface area contributed by atoms with Gasteiger partial charge in [-0.25, -0.2) is 0 Å². The summed E-state index contributed by atoms with van der Waals surface area (Å²) < 4.78 is 5.72. The predicted octanol–water partition coefficient (Wildman–Crippen LogP) is 3.00. The maximum atomic E-state index is 5.72. The number of hydrogen-bond acceptors (Lipinski definition) is 3. The third kappa shape index (κ3) is 7.40. The van der Waals surface area contributed by atoms with Crippen LogP contribution in [0.3, 0.4) is 0 Å². The normalized spacial score (nSPS) is 19.0. The van der Waals surface area contributed by atoms with Gasteiger partial charge in [-0.2, -0.15) is 0 Å². The van der Waals surface area contributed by atoms with Crippen LogP contribution in [-0.2, 0) is 11.3 Å². The predicted molar refractivity (Wildman–Crippen MR) is 118 cm³/mol. The molecular weight excluding hydrogens is 439 g/mol. The number of piperidine rings is 1. The topological polar surface area (TPSA) is 48.9 Å². The van der Waals surface area contributed by atoms with E-state index >= 15 is 0 Å². The molecule has 6 heteroatoms. The number of aliphatic imine (C=N–C) groups is 1. The molecule has 0 atom stereocenters. The van der Waals surface area contributed by atoms with Crippen LogP contribution >= 0.6 is 24.0 Å². The highest BCUT2D eigenvalue weighted by Gasteiger charge is 2.31. The van der Waals surface area contributed by atoms with Crippen LogP contribution in [0, 0.1) is 0 Å². The summed E-state index contributed by atoms with van der Waals surface area (Å²) in [7, 11) is 0. The van der Waals surface area contributed by atoms with Gasteiger partial charge in [0.15, 0.2) is 5.96 Å². The fourth-order valence-electron chi connectivity index (χ4n) is 3.35. The van der Waals surface area contributed by atoms with Crippen LogP contribution in [0.1, 0.15) is 38.2 Å². The minimum absolute atomic E-state index is 0. The Morgan fingerprint density at radius 1 is 1.15 bits per heavy atom. The monoisotopic (exact) mass is 472 g/mol. The van der Waals surface area contributed by atoms with Gasteiger partial charge in [0.05, 0.1) is 19.8 Å². The lowest BCUT2D eigenvalue weighted by atomic mass is 10.1. The number of benzene rings is 1. The largest absolute Gasteiger partial charge is 0.375 e. The molecule has 1 aromatic rings. The molecule has 1 aliphatic carbocycles. The summed E-state index contributed by atoms with van der Waals surface area (Å²) in [5.41, 5.74) is 1.21. The molecule has 2 aliphatic rings. The summed E-state index contributed by atoms with van der Waals surface area (Å²) in [5, 5.41) is 6.96. The smallest absolute Gasteiger partial charge is 0.191 e. The van der Waals surface area contributed by atoms with Gasteiger partial charge in [-0.1, -0.05) is 30.3 Å². The molecule has 3 rings (SSSR count). The number of hydrogen-bond donors (Lipinski definition) is 2. The average molecular weight is 472 g/mol. The van der Waals surface area contributed by atoms with Crippen molar-refractivity contribution in [3.05, 3.63) is 35.9 Å². The molecule has 1 saturated heterocycles. The Morgan fingerprint density at radius 2 is 1.88 bits per heavy atom. The molecule has 0 unspecified atom stereocenters. The van der Waals surface area contributed by atoms with Crippen LogP contribution in [0.4, 0.5) is 0 Å². The van der Waals surface area contributed by atoms with Gasteiger partial charge < -0.3 is 20.3 Å². The van der Waals surface area contributed by atoms with Gasteiger partial charge in [0.1, 0.15) is 0 Å². The van der Waals surface area contributed by atoms with Crippen molar-refractivity contribution in [1.29, 1.82) is 0 Å². The zero-order valence-electron chi connectivity index (χ0n) is 15.8. The molecule has 1 heterocycles. The van der Waals surface area contributed by atoms with Crippen molar-refractivity contribution in [3.63, 3.8) is 0 Å². The Balaban J connectivity index is 0.00000243. The molecular formula is C20H33IN4O. The van der Waals surface area contributed by atoms with Crippen molar-refractivity contribution in [2.45, 2.75) is 51.3 Å². The Hall–Kier alpha value is -0.860. The van der Waals surface area contributed by atoms with Gasteiger partial charge in [-0.15, -0.1) is 24.0 Å². The summed E-state index contributed by atoms with van der Waals surface area (Å²) >= 11 is 0. The van der Waals surface area contributed by atoms with Crippen molar-refractivity contribution in [3.8, 4) is 0 Å². The Kier molecular flexibility index (Phi) is 9.71. The van der Waals surface area contributed by atoms with Gasteiger partial charge >= 0.3 is 0 Å². The molecule has 0 radical (unpaired) electrons. The molecule has 0 aromatic heterocycles. The van der Waals surface area contributed by atoms with Gasteiger partial charge in [0.2, 0.25) is 0 Å². The van der Waals surface area contributed by atoms with E-state index in [4.69, 9.17) is 4.74 Å². The lowest BCUT2D eigenvalue weighted by molar-refractivity contribution is 0.128. The molecule has 0 bridgehead atoms. The highest BCUT2D eigenvalue weighted by atomic mass is 127. The highest BCUT2D eigenvalue weighted by molar-refractivity contribution is 14.0. The van der Waals surface area contributed by atoms with Crippen LogP contribution in [0.2, 0.25) is 0 Å². The zero-order valence-corrected chi connectivity index (χ0v) is 18.2. The van der Waals surface area contributed by atoms with E-state index in [0.717, 1.165) is 18.5 Å². The number of ether oxygens (including phenoxy) is 1. The Bertz CT molecular complexity index is 528. The molecule has 2 fully saturated rings. The summed E-state index contributed by atoms with van der Waals surface area (Å²) in [6.07, 6.45) is 5.24. The number of rotatable bonds is 8. The molecule has 26 heavy (non-hydrogen) atoms. The first-order valence-corrected chi connectivity index (χ1v) is 9.75. The van der Waals surface area contributed by atoms with E-state index < -0.39 is 0 Å². The summed E-state index contributed by atoms with van der Waals surface area (Å²) in [4.78, 5) is 7.31. The van der Waals surface area contributed by atoms with Crippen LogP contribution in [0.15, 0.2) is 35.3 Å². The molecule has 0 spiro atoms. The molecule has 2 N–H and O–H groups in total. The van der Waals surface area contributed by atoms with Gasteiger partial charge in [-0.3, -0.25) is 4.99 Å². The molecule has 1 saturated carbocycles. The quantitative estimate of drug-likeness (QED) is 0.265. The number of nitrogens with zero attached hydrogens (tertiary/aromatic N) is 2. The van der Waals surface area contributed by atoms with Crippen molar-refractivity contribution >= 4 is 29.9 Å². The average Bonchev–Trinajstić information content (AvgIpc) is 3.48. The fraction of sp³-hybridized carbons (Fsp3) is 0.650. The van der Waals surface area contributed by atoms with Gasteiger partial charge in [0.25, 0.3) is 0 Å². The molecule has 146 valence electrons. The third-order valence-electron chi connectivity index (χ3n) is 4.89. The van der Waals surface area contributed by atoms with E-state index in [1.807, 2.05) is 18.2 Å². The van der Waals surface area contributed by atoms with E-state index in [-0.39, 0.29) is 24.0 Å². The highest BCUT2D eigenvalue weighted by Crippen LogP contribution is 2.29. The number of halogens is 1. The van der Waals surface area contributed by atoms with Crippen LogP contribution in [-0.4, -0.2) is 55.7 Å². The Morgan fingerprint density at radius 3 is 2.54 bits per heavy atom. The van der Waals surface area contributed by atoms with E-state index in [9.17, 15) is 0 Å². The third-order valence-corrected chi connectivity index (χ3v) is 4.89.